The van der Waals surface area contributed by atoms with Crippen molar-refractivity contribution < 1.29 is 0 Å². The molecular formula is C17H26N2. The summed E-state index contributed by atoms with van der Waals surface area (Å²) in [5, 5.41) is 3.56. The van der Waals surface area contributed by atoms with Crippen LogP contribution in [0.15, 0.2) is 24.3 Å². The highest BCUT2D eigenvalue weighted by Crippen LogP contribution is 2.38. The van der Waals surface area contributed by atoms with Gasteiger partial charge in [-0.2, -0.15) is 0 Å². The van der Waals surface area contributed by atoms with Crippen LogP contribution in [0.4, 0.5) is 0 Å². The van der Waals surface area contributed by atoms with Gasteiger partial charge in [0.1, 0.15) is 0 Å². The minimum Gasteiger partial charge on any atom is -0.312 e. The van der Waals surface area contributed by atoms with Gasteiger partial charge in [0.25, 0.3) is 0 Å². The summed E-state index contributed by atoms with van der Waals surface area (Å²) >= 11 is 0. The van der Waals surface area contributed by atoms with Crippen LogP contribution in [0.5, 0.6) is 0 Å². The fraction of sp³-hybridized carbons (Fsp3) is 0.647. The van der Waals surface area contributed by atoms with Gasteiger partial charge in [0, 0.05) is 18.1 Å². The SMILES string of the molecule is CNC1c2ccccc2CC1N1CCCC1C(C)C. The topological polar surface area (TPSA) is 15.3 Å². The maximum atomic E-state index is 3.56. The number of fused-ring (bicyclic) bond motifs is 1. The summed E-state index contributed by atoms with van der Waals surface area (Å²) in [7, 11) is 2.11. The smallest absolute Gasteiger partial charge is 0.0481 e. The third-order valence-electron chi connectivity index (χ3n) is 5.05. The molecule has 0 spiro atoms. The van der Waals surface area contributed by atoms with E-state index in [0.717, 1.165) is 12.0 Å². The molecule has 0 radical (unpaired) electrons. The van der Waals surface area contributed by atoms with Gasteiger partial charge in [-0.1, -0.05) is 38.1 Å². The van der Waals surface area contributed by atoms with Crippen molar-refractivity contribution >= 4 is 0 Å². The zero-order valence-corrected chi connectivity index (χ0v) is 12.4. The molecule has 1 aromatic carbocycles. The lowest BCUT2D eigenvalue weighted by molar-refractivity contribution is 0.126. The van der Waals surface area contributed by atoms with Crippen molar-refractivity contribution in [2.24, 2.45) is 5.92 Å². The van der Waals surface area contributed by atoms with E-state index in [-0.39, 0.29) is 0 Å². The Morgan fingerprint density at radius 3 is 2.79 bits per heavy atom. The number of nitrogens with zero attached hydrogens (tertiary/aromatic N) is 1. The van der Waals surface area contributed by atoms with Crippen molar-refractivity contribution in [3.63, 3.8) is 0 Å². The van der Waals surface area contributed by atoms with Crippen molar-refractivity contribution in [1.29, 1.82) is 0 Å². The standard InChI is InChI=1S/C17H26N2/c1-12(2)15-9-6-10-19(15)16-11-13-7-4-5-8-14(13)17(16)18-3/h4-5,7-8,12,15-18H,6,9-11H2,1-3H3. The van der Waals surface area contributed by atoms with Gasteiger partial charge in [-0.15, -0.1) is 0 Å². The van der Waals surface area contributed by atoms with Gasteiger partial charge in [-0.05, 0) is 49.9 Å². The Hall–Kier alpha value is -0.860. The summed E-state index contributed by atoms with van der Waals surface area (Å²) in [5.74, 6) is 0.767. The molecule has 1 aliphatic heterocycles. The zero-order valence-electron chi connectivity index (χ0n) is 12.4. The molecule has 0 saturated carbocycles. The number of benzene rings is 1. The monoisotopic (exact) mass is 258 g/mol. The van der Waals surface area contributed by atoms with Gasteiger partial charge >= 0.3 is 0 Å². The average molecular weight is 258 g/mol. The predicted octanol–water partition coefficient (Wildman–Crippen LogP) is 2.99. The first-order valence-electron chi connectivity index (χ1n) is 7.73. The minimum atomic E-state index is 0.510. The molecule has 19 heavy (non-hydrogen) atoms. The fourth-order valence-electron chi connectivity index (χ4n) is 4.17. The minimum absolute atomic E-state index is 0.510. The number of likely N-dealkylation sites (tertiary alicyclic amines) is 1. The van der Waals surface area contributed by atoms with Crippen molar-refractivity contribution in [2.75, 3.05) is 13.6 Å². The first-order valence-corrected chi connectivity index (χ1v) is 7.73. The molecule has 104 valence electrons. The normalized spacial score (nSPS) is 31.1. The van der Waals surface area contributed by atoms with Crippen molar-refractivity contribution in [3.05, 3.63) is 35.4 Å². The molecule has 2 aliphatic rings. The fourth-order valence-corrected chi connectivity index (χ4v) is 4.17. The summed E-state index contributed by atoms with van der Waals surface area (Å²) in [6, 6.07) is 10.9. The van der Waals surface area contributed by atoms with Crippen molar-refractivity contribution in [3.8, 4) is 0 Å². The second-order valence-corrected chi connectivity index (χ2v) is 6.43. The van der Waals surface area contributed by atoms with E-state index in [1.165, 1.54) is 31.4 Å². The molecule has 0 bridgehead atoms. The lowest BCUT2D eigenvalue weighted by Crippen LogP contribution is -2.46. The maximum absolute atomic E-state index is 3.56. The lowest BCUT2D eigenvalue weighted by atomic mass is 9.99. The molecule has 1 aliphatic carbocycles. The van der Waals surface area contributed by atoms with Crippen LogP contribution in [0, 0.1) is 5.92 Å². The first kappa shape index (κ1) is 13.1. The second kappa shape index (κ2) is 5.26. The van der Waals surface area contributed by atoms with Crippen LogP contribution >= 0.6 is 0 Å². The summed E-state index contributed by atoms with van der Waals surface area (Å²) in [4.78, 5) is 2.78. The zero-order chi connectivity index (χ0) is 13.4. The lowest BCUT2D eigenvalue weighted by Gasteiger charge is -2.36. The third-order valence-corrected chi connectivity index (χ3v) is 5.05. The Labute approximate surface area is 117 Å². The van der Waals surface area contributed by atoms with Crippen LogP contribution in [-0.4, -0.2) is 30.6 Å². The summed E-state index contributed by atoms with van der Waals surface area (Å²) in [6.07, 6.45) is 3.96. The molecule has 3 rings (SSSR count). The number of hydrogen-bond acceptors (Lipinski definition) is 2. The van der Waals surface area contributed by atoms with E-state index >= 15 is 0 Å². The van der Waals surface area contributed by atoms with Crippen LogP contribution in [-0.2, 0) is 6.42 Å². The Balaban J connectivity index is 1.86. The van der Waals surface area contributed by atoms with Crippen LogP contribution in [0.1, 0.15) is 43.9 Å². The van der Waals surface area contributed by atoms with Gasteiger partial charge in [-0.3, -0.25) is 4.90 Å². The Kier molecular flexibility index (Phi) is 3.64. The van der Waals surface area contributed by atoms with Crippen LogP contribution in [0.3, 0.4) is 0 Å². The summed E-state index contributed by atoms with van der Waals surface area (Å²) in [5.41, 5.74) is 3.06. The quantitative estimate of drug-likeness (QED) is 0.896. The van der Waals surface area contributed by atoms with E-state index in [0.29, 0.717) is 12.1 Å². The highest BCUT2D eigenvalue weighted by atomic mass is 15.2. The molecule has 2 heteroatoms. The molecule has 1 aromatic rings. The van der Waals surface area contributed by atoms with E-state index in [4.69, 9.17) is 0 Å². The number of likely N-dealkylation sites (N-methyl/N-ethyl adjacent to an activating group) is 1. The van der Waals surface area contributed by atoms with E-state index in [1.54, 1.807) is 5.56 Å². The highest BCUT2D eigenvalue weighted by molar-refractivity contribution is 5.37. The molecule has 0 aromatic heterocycles. The van der Waals surface area contributed by atoms with Gasteiger partial charge in [0.05, 0.1) is 0 Å². The van der Waals surface area contributed by atoms with E-state index in [2.05, 4.69) is 55.4 Å². The van der Waals surface area contributed by atoms with Crippen LogP contribution < -0.4 is 5.32 Å². The molecule has 1 heterocycles. The second-order valence-electron chi connectivity index (χ2n) is 6.43. The van der Waals surface area contributed by atoms with Crippen LogP contribution in [0.25, 0.3) is 0 Å². The Morgan fingerprint density at radius 2 is 2.05 bits per heavy atom. The van der Waals surface area contributed by atoms with E-state index < -0.39 is 0 Å². The largest absolute Gasteiger partial charge is 0.312 e. The third kappa shape index (κ3) is 2.21. The average Bonchev–Trinajstić information content (AvgIpc) is 3.02. The maximum Gasteiger partial charge on any atom is 0.0481 e. The van der Waals surface area contributed by atoms with E-state index in [9.17, 15) is 0 Å². The van der Waals surface area contributed by atoms with Crippen LogP contribution in [0.2, 0.25) is 0 Å². The molecule has 1 fully saturated rings. The van der Waals surface area contributed by atoms with Crippen molar-refractivity contribution in [2.45, 2.75) is 51.2 Å². The summed E-state index contributed by atoms with van der Waals surface area (Å²) in [6.45, 7) is 6.03. The van der Waals surface area contributed by atoms with Gasteiger partial charge < -0.3 is 5.32 Å². The van der Waals surface area contributed by atoms with Gasteiger partial charge in [0.2, 0.25) is 0 Å². The first-order chi connectivity index (χ1) is 9.22. The molecule has 3 unspecified atom stereocenters. The number of hydrogen-bond donors (Lipinski definition) is 1. The Morgan fingerprint density at radius 1 is 1.26 bits per heavy atom. The molecule has 2 nitrogen and oxygen atoms in total. The Bertz CT molecular complexity index is 441. The van der Waals surface area contributed by atoms with Crippen molar-refractivity contribution in [1.82, 2.24) is 10.2 Å². The van der Waals surface area contributed by atoms with E-state index in [1.807, 2.05) is 0 Å². The number of rotatable bonds is 3. The molecule has 1 N–H and O–H groups in total. The molecule has 1 saturated heterocycles. The molecule has 0 amide bonds. The predicted molar refractivity (Wildman–Crippen MR) is 80.3 cm³/mol. The van der Waals surface area contributed by atoms with Gasteiger partial charge in [-0.25, -0.2) is 0 Å². The number of nitrogens with one attached hydrogen (secondary N) is 1. The highest BCUT2D eigenvalue weighted by Gasteiger charge is 2.40. The summed E-state index contributed by atoms with van der Waals surface area (Å²) < 4.78 is 0. The molecular weight excluding hydrogens is 232 g/mol. The molecule has 3 atom stereocenters. The van der Waals surface area contributed by atoms with Gasteiger partial charge in [0.15, 0.2) is 0 Å².